The number of nitrogens with two attached hydrogens (primary N) is 1. The molecule has 0 bridgehead atoms. The molecule has 18 heavy (non-hydrogen) atoms. The van der Waals surface area contributed by atoms with Crippen molar-refractivity contribution in [2.75, 3.05) is 6.54 Å². The minimum absolute atomic E-state index is 0.00293. The molecular weight excluding hydrogens is 224 g/mol. The van der Waals surface area contributed by atoms with Crippen molar-refractivity contribution in [3.8, 4) is 0 Å². The van der Waals surface area contributed by atoms with Crippen molar-refractivity contribution < 1.29 is 4.79 Å². The van der Waals surface area contributed by atoms with E-state index in [1.165, 1.54) is 10.9 Å². The van der Waals surface area contributed by atoms with E-state index in [0.717, 1.165) is 18.4 Å². The second-order valence-electron chi connectivity index (χ2n) is 4.93. The van der Waals surface area contributed by atoms with Gasteiger partial charge in [0, 0.05) is 17.5 Å². The molecule has 3 heteroatoms. The molecule has 2 N–H and O–H groups in total. The first-order valence-corrected chi connectivity index (χ1v) is 6.48. The van der Waals surface area contributed by atoms with Gasteiger partial charge in [-0.1, -0.05) is 32.0 Å². The summed E-state index contributed by atoms with van der Waals surface area (Å²) in [6.45, 7) is 4.53. The molecular formula is C15H20N2O. The zero-order valence-corrected chi connectivity index (χ0v) is 11.0. The van der Waals surface area contributed by atoms with Crippen LogP contribution in [0.2, 0.25) is 0 Å². The van der Waals surface area contributed by atoms with Crippen LogP contribution < -0.4 is 5.73 Å². The van der Waals surface area contributed by atoms with E-state index in [9.17, 15) is 4.79 Å². The molecule has 0 saturated carbocycles. The number of aryl methyl sites for hydroxylation is 1. The van der Waals surface area contributed by atoms with Gasteiger partial charge in [-0.2, -0.15) is 0 Å². The Labute approximate surface area is 108 Å². The first-order chi connectivity index (χ1) is 8.65. The molecule has 0 aliphatic heterocycles. The summed E-state index contributed by atoms with van der Waals surface area (Å²) in [5.41, 5.74) is 7.78. The SMILES string of the molecule is CC(C)C(=O)n1cc(CCCN)c2ccccc21. The number of carbonyl (C=O) groups excluding carboxylic acids is 1. The minimum atomic E-state index is 0.00293. The molecule has 0 aliphatic rings. The van der Waals surface area contributed by atoms with Gasteiger partial charge in [-0.25, -0.2) is 0 Å². The lowest BCUT2D eigenvalue weighted by Crippen LogP contribution is -2.15. The monoisotopic (exact) mass is 244 g/mol. The number of benzene rings is 1. The average molecular weight is 244 g/mol. The van der Waals surface area contributed by atoms with Gasteiger partial charge in [-0.05, 0) is 31.0 Å². The Morgan fingerprint density at radius 1 is 1.33 bits per heavy atom. The summed E-state index contributed by atoms with van der Waals surface area (Å²) in [6, 6.07) is 8.06. The van der Waals surface area contributed by atoms with Gasteiger partial charge in [0.1, 0.15) is 0 Å². The van der Waals surface area contributed by atoms with Gasteiger partial charge in [0.25, 0.3) is 0 Å². The third-order valence-electron chi connectivity index (χ3n) is 3.18. The Morgan fingerprint density at radius 2 is 2.06 bits per heavy atom. The quantitative estimate of drug-likeness (QED) is 0.899. The normalized spacial score (nSPS) is 11.3. The predicted molar refractivity (Wildman–Crippen MR) is 74.8 cm³/mol. The van der Waals surface area contributed by atoms with Crippen molar-refractivity contribution in [1.82, 2.24) is 4.57 Å². The summed E-state index contributed by atoms with van der Waals surface area (Å²) in [7, 11) is 0. The number of hydrogen-bond acceptors (Lipinski definition) is 2. The Hall–Kier alpha value is -1.61. The summed E-state index contributed by atoms with van der Waals surface area (Å²) in [5, 5.41) is 1.17. The van der Waals surface area contributed by atoms with E-state index in [0.29, 0.717) is 6.54 Å². The summed E-state index contributed by atoms with van der Waals surface area (Å²) < 4.78 is 1.78. The molecule has 1 heterocycles. The molecule has 0 radical (unpaired) electrons. The highest BCUT2D eigenvalue weighted by molar-refractivity contribution is 5.95. The molecule has 2 aromatic rings. The Balaban J connectivity index is 2.50. The lowest BCUT2D eigenvalue weighted by Gasteiger charge is -2.06. The topological polar surface area (TPSA) is 48.0 Å². The maximum atomic E-state index is 12.2. The van der Waals surface area contributed by atoms with Crippen LogP contribution in [0.15, 0.2) is 30.5 Å². The van der Waals surface area contributed by atoms with E-state index < -0.39 is 0 Å². The van der Waals surface area contributed by atoms with Crippen molar-refractivity contribution in [1.29, 1.82) is 0 Å². The van der Waals surface area contributed by atoms with Crippen molar-refractivity contribution in [3.63, 3.8) is 0 Å². The van der Waals surface area contributed by atoms with Gasteiger partial charge < -0.3 is 5.73 Å². The number of carbonyl (C=O) groups is 1. The van der Waals surface area contributed by atoms with E-state index in [1.54, 1.807) is 4.57 Å². The van der Waals surface area contributed by atoms with Crippen LogP contribution in [0.4, 0.5) is 0 Å². The zero-order valence-electron chi connectivity index (χ0n) is 11.0. The van der Waals surface area contributed by atoms with Crippen molar-refractivity contribution in [2.24, 2.45) is 11.7 Å². The molecule has 0 amide bonds. The van der Waals surface area contributed by atoms with Gasteiger partial charge >= 0.3 is 0 Å². The van der Waals surface area contributed by atoms with Gasteiger partial charge in [-0.15, -0.1) is 0 Å². The molecule has 1 aromatic carbocycles. The molecule has 0 aliphatic carbocycles. The number of fused-ring (bicyclic) bond motifs is 1. The van der Waals surface area contributed by atoms with E-state index in [2.05, 4.69) is 6.07 Å². The first-order valence-electron chi connectivity index (χ1n) is 6.48. The fourth-order valence-corrected chi connectivity index (χ4v) is 2.20. The highest BCUT2D eigenvalue weighted by Crippen LogP contribution is 2.23. The molecule has 0 atom stereocenters. The fourth-order valence-electron chi connectivity index (χ4n) is 2.20. The Morgan fingerprint density at radius 3 is 2.72 bits per heavy atom. The van der Waals surface area contributed by atoms with Crippen molar-refractivity contribution >= 4 is 16.8 Å². The number of para-hydroxylation sites is 1. The van der Waals surface area contributed by atoms with Crippen LogP contribution in [0.25, 0.3) is 10.9 Å². The standard InChI is InChI=1S/C15H20N2O/c1-11(2)15(18)17-10-12(6-5-9-16)13-7-3-4-8-14(13)17/h3-4,7-8,10-11H,5-6,9,16H2,1-2H3. The van der Waals surface area contributed by atoms with Crippen LogP contribution in [0.3, 0.4) is 0 Å². The summed E-state index contributed by atoms with van der Waals surface area (Å²) in [5.74, 6) is 0.147. The fraction of sp³-hybridized carbons (Fsp3) is 0.400. The van der Waals surface area contributed by atoms with Crippen LogP contribution >= 0.6 is 0 Å². The second-order valence-corrected chi connectivity index (χ2v) is 4.93. The molecule has 0 spiro atoms. The predicted octanol–water partition coefficient (Wildman–Crippen LogP) is 2.83. The van der Waals surface area contributed by atoms with Crippen molar-refractivity contribution in [2.45, 2.75) is 26.7 Å². The zero-order chi connectivity index (χ0) is 13.1. The van der Waals surface area contributed by atoms with Crippen LogP contribution in [-0.2, 0) is 6.42 Å². The average Bonchev–Trinajstić information content (AvgIpc) is 2.74. The van der Waals surface area contributed by atoms with E-state index in [1.807, 2.05) is 38.2 Å². The molecule has 3 nitrogen and oxygen atoms in total. The third kappa shape index (κ3) is 2.31. The van der Waals surface area contributed by atoms with Crippen LogP contribution in [0, 0.1) is 5.92 Å². The van der Waals surface area contributed by atoms with Gasteiger partial charge in [-0.3, -0.25) is 9.36 Å². The molecule has 0 fully saturated rings. The largest absolute Gasteiger partial charge is 0.330 e. The van der Waals surface area contributed by atoms with Crippen molar-refractivity contribution in [3.05, 3.63) is 36.0 Å². The van der Waals surface area contributed by atoms with Crippen LogP contribution in [-0.4, -0.2) is 17.0 Å². The highest BCUT2D eigenvalue weighted by atomic mass is 16.2. The minimum Gasteiger partial charge on any atom is -0.330 e. The second kappa shape index (κ2) is 5.36. The molecule has 2 rings (SSSR count). The number of nitrogens with zero attached hydrogens (tertiary/aromatic N) is 1. The van der Waals surface area contributed by atoms with E-state index in [-0.39, 0.29) is 11.8 Å². The Kier molecular flexibility index (Phi) is 3.82. The van der Waals surface area contributed by atoms with E-state index in [4.69, 9.17) is 5.73 Å². The summed E-state index contributed by atoms with van der Waals surface area (Å²) in [6.07, 6.45) is 3.85. The smallest absolute Gasteiger partial charge is 0.233 e. The van der Waals surface area contributed by atoms with Gasteiger partial charge in [0.2, 0.25) is 5.91 Å². The first kappa shape index (κ1) is 12.8. The maximum Gasteiger partial charge on any atom is 0.233 e. The summed E-state index contributed by atoms with van der Waals surface area (Å²) >= 11 is 0. The number of aromatic nitrogens is 1. The molecule has 0 saturated heterocycles. The third-order valence-corrected chi connectivity index (χ3v) is 3.18. The summed E-state index contributed by atoms with van der Waals surface area (Å²) in [4.78, 5) is 12.2. The van der Waals surface area contributed by atoms with E-state index >= 15 is 0 Å². The molecule has 0 unspecified atom stereocenters. The lowest BCUT2D eigenvalue weighted by atomic mass is 10.1. The molecule has 96 valence electrons. The maximum absolute atomic E-state index is 12.2. The van der Waals surface area contributed by atoms with Crippen LogP contribution in [0.1, 0.15) is 30.6 Å². The van der Waals surface area contributed by atoms with Gasteiger partial charge in [0.15, 0.2) is 0 Å². The number of rotatable bonds is 4. The molecule has 1 aromatic heterocycles. The van der Waals surface area contributed by atoms with Crippen LogP contribution in [0.5, 0.6) is 0 Å². The Bertz CT molecular complexity index is 555. The number of hydrogen-bond donors (Lipinski definition) is 1. The highest BCUT2D eigenvalue weighted by Gasteiger charge is 2.15. The van der Waals surface area contributed by atoms with Gasteiger partial charge in [0.05, 0.1) is 5.52 Å². The lowest BCUT2D eigenvalue weighted by molar-refractivity contribution is 0.0860.